The van der Waals surface area contributed by atoms with Gasteiger partial charge in [-0.25, -0.2) is 0 Å². The van der Waals surface area contributed by atoms with Gasteiger partial charge in [-0.05, 0) is 104 Å². The van der Waals surface area contributed by atoms with E-state index in [2.05, 4.69) is 42.5 Å². The first kappa shape index (κ1) is 22.0. The summed E-state index contributed by atoms with van der Waals surface area (Å²) in [5.41, 5.74) is 5.73. The van der Waals surface area contributed by atoms with Crippen LogP contribution in [-0.2, 0) is 0 Å². The maximum Gasteiger partial charge on any atom is 0.0406 e. The van der Waals surface area contributed by atoms with Gasteiger partial charge in [0.15, 0.2) is 0 Å². The van der Waals surface area contributed by atoms with Gasteiger partial charge < -0.3 is 0 Å². The number of allylic oxidation sites excluding steroid dienone is 1. The average molecular weight is 441 g/mol. The van der Waals surface area contributed by atoms with E-state index in [4.69, 9.17) is 23.2 Å². The van der Waals surface area contributed by atoms with Gasteiger partial charge in [-0.2, -0.15) is 0 Å². The monoisotopic (exact) mass is 440 g/mol. The lowest BCUT2D eigenvalue weighted by atomic mass is 9.68. The molecule has 2 saturated carbocycles. The molecular weight excluding hydrogens is 407 g/mol. The van der Waals surface area contributed by atoms with Gasteiger partial charge in [-0.3, -0.25) is 0 Å². The first-order valence-corrected chi connectivity index (χ1v) is 12.7. The van der Waals surface area contributed by atoms with Crippen LogP contribution in [0.4, 0.5) is 0 Å². The molecule has 160 valence electrons. The summed E-state index contributed by atoms with van der Waals surface area (Å²) < 4.78 is 0. The highest BCUT2D eigenvalue weighted by atomic mass is 35.5. The molecule has 0 N–H and O–H groups in total. The summed E-state index contributed by atoms with van der Waals surface area (Å²) in [7, 11) is 0. The second-order valence-electron chi connectivity index (χ2n) is 9.46. The van der Waals surface area contributed by atoms with Crippen LogP contribution in [0.1, 0.15) is 75.7 Å². The predicted molar refractivity (Wildman–Crippen MR) is 131 cm³/mol. The lowest BCUT2D eigenvalue weighted by Crippen LogP contribution is -2.25. The number of hydrogen-bond donors (Lipinski definition) is 0. The van der Waals surface area contributed by atoms with E-state index in [1.54, 1.807) is 5.54 Å². The van der Waals surface area contributed by atoms with Crippen molar-refractivity contribution >= 4 is 23.2 Å². The molecule has 0 atom stereocenters. The van der Waals surface area contributed by atoms with E-state index in [0.29, 0.717) is 0 Å². The lowest BCUT2D eigenvalue weighted by Gasteiger charge is -2.38. The second kappa shape index (κ2) is 10.9. The summed E-state index contributed by atoms with van der Waals surface area (Å²) in [6.45, 7) is 0. The van der Waals surface area contributed by atoms with Crippen LogP contribution in [0.25, 0.3) is 11.1 Å². The summed E-state index contributed by atoms with van der Waals surface area (Å²) in [6.07, 6.45) is 16.0. The van der Waals surface area contributed by atoms with E-state index in [0.717, 1.165) is 35.1 Å². The van der Waals surface area contributed by atoms with Gasteiger partial charge in [-0.1, -0.05) is 78.5 Å². The molecular formula is C28H34Cl2. The molecule has 0 amide bonds. The fourth-order valence-corrected chi connectivity index (χ4v) is 6.11. The Kier molecular flexibility index (Phi) is 7.96. The first-order valence-electron chi connectivity index (χ1n) is 11.8. The molecule has 0 bridgehead atoms. The number of rotatable bonds is 6. The van der Waals surface area contributed by atoms with E-state index in [1.165, 1.54) is 74.5 Å². The standard InChI is InChI=1S/C28H34Cl2/c29-20-2-1-3-21-4-6-22(7-5-21)23-8-10-24(11-9-23)25-12-14-26(15-13-25)27-16-18-28(30)19-17-27/h2,12-24H,1,3-11H2/b20-2+/t21-,22-,23?,24?. The minimum atomic E-state index is 0.749. The molecule has 0 saturated heterocycles. The predicted octanol–water partition coefficient (Wildman–Crippen LogP) is 9.62. The number of hydrogen-bond acceptors (Lipinski definition) is 0. The Morgan fingerprint density at radius 2 is 1.23 bits per heavy atom. The van der Waals surface area contributed by atoms with Crippen LogP contribution in [0.3, 0.4) is 0 Å². The number of halogens is 2. The summed E-state index contributed by atoms with van der Waals surface area (Å²) in [5, 5.41) is 0.795. The molecule has 2 aromatic rings. The Bertz CT molecular complexity index is 790. The molecule has 0 aromatic heterocycles. The molecule has 4 rings (SSSR count). The molecule has 2 aliphatic rings. The van der Waals surface area contributed by atoms with Crippen LogP contribution in [0.2, 0.25) is 5.02 Å². The van der Waals surface area contributed by atoms with Gasteiger partial charge in [0.05, 0.1) is 0 Å². The summed E-state index contributed by atoms with van der Waals surface area (Å²) >= 11 is 11.7. The summed E-state index contributed by atoms with van der Waals surface area (Å²) in [6, 6.07) is 17.4. The van der Waals surface area contributed by atoms with Gasteiger partial charge in [0.25, 0.3) is 0 Å². The molecule has 2 aliphatic carbocycles. The van der Waals surface area contributed by atoms with Gasteiger partial charge in [0, 0.05) is 10.6 Å². The van der Waals surface area contributed by atoms with Crippen LogP contribution >= 0.6 is 23.2 Å². The van der Waals surface area contributed by atoms with Gasteiger partial charge in [-0.15, -0.1) is 0 Å². The van der Waals surface area contributed by atoms with Crippen molar-refractivity contribution in [3.8, 4) is 11.1 Å². The zero-order valence-electron chi connectivity index (χ0n) is 17.9. The molecule has 2 fully saturated rings. The Hall–Kier alpha value is -1.24. The fourth-order valence-electron chi connectivity index (χ4n) is 5.86. The van der Waals surface area contributed by atoms with E-state index >= 15 is 0 Å². The fraction of sp³-hybridized carbons (Fsp3) is 0.500. The van der Waals surface area contributed by atoms with Crippen molar-refractivity contribution < 1.29 is 0 Å². The highest BCUT2D eigenvalue weighted by Gasteiger charge is 2.31. The Labute approximate surface area is 192 Å². The molecule has 2 aromatic carbocycles. The van der Waals surface area contributed by atoms with Crippen LogP contribution in [0.15, 0.2) is 60.1 Å². The van der Waals surface area contributed by atoms with Gasteiger partial charge in [0.2, 0.25) is 0 Å². The highest BCUT2D eigenvalue weighted by Crippen LogP contribution is 2.44. The average Bonchev–Trinajstić information content (AvgIpc) is 2.81. The van der Waals surface area contributed by atoms with E-state index in [9.17, 15) is 0 Å². The molecule has 0 radical (unpaired) electrons. The van der Waals surface area contributed by atoms with Crippen molar-refractivity contribution in [1.82, 2.24) is 0 Å². The van der Waals surface area contributed by atoms with Crippen molar-refractivity contribution in [1.29, 1.82) is 0 Å². The van der Waals surface area contributed by atoms with Crippen molar-refractivity contribution in [2.24, 2.45) is 17.8 Å². The second-order valence-corrected chi connectivity index (χ2v) is 10.1. The molecule has 2 heteroatoms. The van der Waals surface area contributed by atoms with Gasteiger partial charge >= 0.3 is 0 Å². The van der Waals surface area contributed by atoms with Crippen molar-refractivity contribution in [3.05, 3.63) is 70.7 Å². The smallest absolute Gasteiger partial charge is 0.0406 e. The molecule has 0 aliphatic heterocycles. The Morgan fingerprint density at radius 3 is 1.80 bits per heavy atom. The van der Waals surface area contributed by atoms with Crippen LogP contribution in [-0.4, -0.2) is 0 Å². The van der Waals surface area contributed by atoms with Crippen molar-refractivity contribution in [2.45, 2.75) is 70.1 Å². The Morgan fingerprint density at radius 1 is 0.700 bits per heavy atom. The summed E-state index contributed by atoms with van der Waals surface area (Å²) in [4.78, 5) is 0. The minimum Gasteiger partial charge on any atom is -0.0933 e. The Balaban J connectivity index is 1.25. The van der Waals surface area contributed by atoms with E-state index in [1.807, 2.05) is 12.1 Å². The molecule has 0 nitrogen and oxygen atoms in total. The largest absolute Gasteiger partial charge is 0.0933 e. The molecule has 0 spiro atoms. The topological polar surface area (TPSA) is 0 Å². The highest BCUT2D eigenvalue weighted by molar-refractivity contribution is 6.30. The quantitative estimate of drug-likeness (QED) is 0.419. The van der Waals surface area contributed by atoms with Crippen LogP contribution in [0, 0.1) is 17.8 Å². The molecule has 0 heterocycles. The third-order valence-corrected chi connectivity index (χ3v) is 8.15. The zero-order valence-corrected chi connectivity index (χ0v) is 19.4. The van der Waals surface area contributed by atoms with Gasteiger partial charge in [0.1, 0.15) is 0 Å². The summed E-state index contributed by atoms with van der Waals surface area (Å²) in [5.74, 6) is 3.64. The number of benzene rings is 2. The third-order valence-electron chi connectivity index (χ3n) is 7.72. The van der Waals surface area contributed by atoms with E-state index in [-0.39, 0.29) is 0 Å². The minimum absolute atomic E-state index is 0.749. The normalized spacial score (nSPS) is 27.4. The van der Waals surface area contributed by atoms with Crippen molar-refractivity contribution in [3.63, 3.8) is 0 Å². The SMILES string of the molecule is Cl/C=C/CC[C@H]1CC[C@H](C2CCC(c3ccc(-c4ccc(Cl)cc4)cc3)CC2)CC1. The third kappa shape index (κ3) is 5.71. The maximum atomic E-state index is 6.02. The van der Waals surface area contributed by atoms with Crippen molar-refractivity contribution in [2.75, 3.05) is 0 Å². The van der Waals surface area contributed by atoms with E-state index < -0.39 is 0 Å². The zero-order chi connectivity index (χ0) is 20.8. The van der Waals surface area contributed by atoms with Crippen LogP contribution in [0.5, 0.6) is 0 Å². The lowest BCUT2D eigenvalue weighted by molar-refractivity contribution is 0.157. The molecule has 0 unspecified atom stereocenters. The first-order chi connectivity index (χ1) is 14.7. The van der Waals surface area contributed by atoms with Crippen LogP contribution < -0.4 is 0 Å². The maximum absolute atomic E-state index is 6.02. The molecule has 30 heavy (non-hydrogen) atoms.